The molecule has 0 bridgehead atoms. The predicted molar refractivity (Wildman–Crippen MR) is 150 cm³/mol. The number of amides is 2. The molecule has 1 saturated heterocycles. The summed E-state index contributed by atoms with van der Waals surface area (Å²) in [5.41, 5.74) is 5.55. The normalized spacial score (nSPS) is 15.6. The topological polar surface area (TPSA) is 115 Å². The van der Waals surface area contributed by atoms with Crippen molar-refractivity contribution in [3.63, 3.8) is 0 Å². The van der Waals surface area contributed by atoms with Crippen LogP contribution in [-0.2, 0) is 16.0 Å². The van der Waals surface area contributed by atoms with E-state index in [1.165, 1.54) is 32.7 Å². The molecule has 1 fully saturated rings. The van der Waals surface area contributed by atoms with Gasteiger partial charge in [0, 0.05) is 31.5 Å². The number of ether oxygens (including phenoxy) is 4. The van der Waals surface area contributed by atoms with Crippen molar-refractivity contribution in [2.24, 2.45) is 0 Å². The van der Waals surface area contributed by atoms with E-state index in [1.807, 2.05) is 13.0 Å². The van der Waals surface area contributed by atoms with Crippen LogP contribution < -0.4 is 19.5 Å². The zero-order chi connectivity index (χ0) is 28.9. The van der Waals surface area contributed by atoms with Crippen LogP contribution in [0.1, 0.15) is 29.3 Å². The monoisotopic (exact) mass is 562 g/mol. The Morgan fingerprint density at radius 2 is 1.85 bits per heavy atom. The molecule has 2 aliphatic rings. The van der Waals surface area contributed by atoms with Gasteiger partial charge in [-0.1, -0.05) is 6.07 Å². The van der Waals surface area contributed by atoms with Crippen molar-refractivity contribution in [1.29, 1.82) is 0 Å². The molecular weight excluding hydrogens is 531 g/mol. The molecule has 2 heterocycles. The summed E-state index contributed by atoms with van der Waals surface area (Å²) in [7, 11) is 2.97. The smallest absolute Gasteiger partial charge is 0.415 e. The van der Waals surface area contributed by atoms with Crippen LogP contribution in [0.15, 0.2) is 48.4 Å². The van der Waals surface area contributed by atoms with Crippen LogP contribution in [0.2, 0.25) is 0 Å². The Morgan fingerprint density at radius 3 is 2.51 bits per heavy atom. The van der Waals surface area contributed by atoms with E-state index in [4.69, 9.17) is 18.9 Å². The van der Waals surface area contributed by atoms with Gasteiger partial charge in [0.2, 0.25) is 11.7 Å². The lowest BCUT2D eigenvalue weighted by atomic mass is 10.00. The summed E-state index contributed by atoms with van der Waals surface area (Å²) in [5, 5.41) is 2.93. The lowest BCUT2D eigenvalue weighted by molar-refractivity contribution is -0.120. The summed E-state index contributed by atoms with van der Waals surface area (Å²) < 4.78 is 36.5. The standard InChI is InChI=1S/C30H31FN4O6/c1-18-23(22-5-4-20(31)13-24(22)25(18)16-33-28(36)14-21-15-32-17-34-21)10-19-11-26(38-2)29(27(12-19)39-3)41-30(37)35-6-8-40-9-7-35/h4-5,10-13,15,17H,6-9,14,16H2,1-3H3,(H,32,34)(H,33,36)/b23-10-. The van der Waals surface area contributed by atoms with E-state index in [0.29, 0.717) is 49.1 Å². The van der Waals surface area contributed by atoms with Crippen molar-refractivity contribution in [3.8, 4) is 17.2 Å². The number of nitrogens with one attached hydrogen (secondary N) is 2. The zero-order valence-corrected chi connectivity index (χ0v) is 23.1. The molecule has 11 heteroatoms. The summed E-state index contributed by atoms with van der Waals surface area (Å²) in [6.45, 7) is 3.94. The van der Waals surface area contributed by atoms with Gasteiger partial charge in [-0.05, 0) is 70.7 Å². The second-order valence-electron chi connectivity index (χ2n) is 9.60. The molecule has 0 atom stereocenters. The molecule has 0 saturated carbocycles. The van der Waals surface area contributed by atoms with Crippen molar-refractivity contribution in [2.75, 3.05) is 47.1 Å². The first kappa shape index (κ1) is 27.9. The molecule has 1 aliphatic heterocycles. The predicted octanol–water partition coefficient (Wildman–Crippen LogP) is 4.08. The van der Waals surface area contributed by atoms with Crippen LogP contribution in [0.4, 0.5) is 9.18 Å². The van der Waals surface area contributed by atoms with Gasteiger partial charge in [-0.3, -0.25) is 4.79 Å². The van der Waals surface area contributed by atoms with Gasteiger partial charge in [-0.25, -0.2) is 14.2 Å². The lowest BCUT2D eigenvalue weighted by Crippen LogP contribution is -2.42. The maximum absolute atomic E-state index is 14.3. The van der Waals surface area contributed by atoms with Crippen molar-refractivity contribution < 1.29 is 32.9 Å². The summed E-state index contributed by atoms with van der Waals surface area (Å²) in [6.07, 6.45) is 4.70. The number of benzene rings is 2. The van der Waals surface area contributed by atoms with Crippen LogP contribution in [-0.4, -0.2) is 73.9 Å². The fourth-order valence-corrected chi connectivity index (χ4v) is 4.93. The highest BCUT2D eigenvalue weighted by Gasteiger charge is 2.26. The number of hydrogen-bond donors (Lipinski definition) is 2. The van der Waals surface area contributed by atoms with Crippen molar-refractivity contribution in [3.05, 3.63) is 76.6 Å². The van der Waals surface area contributed by atoms with E-state index in [9.17, 15) is 14.0 Å². The minimum atomic E-state index is -0.513. The molecule has 2 aromatic carbocycles. The average molecular weight is 563 g/mol. The van der Waals surface area contributed by atoms with E-state index in [2.05, 4.69) is 15.3 Å². The van der Waals surface area contributed by atoms with Crippen LogP contribution >= 0.6 is 0 Å². The quantitative estimate of drug-likeness (QED) is 0.425. The van der Waals surface area contributed by atoms with Crippen molar-refractivity contribution in [1.82, 2.24) is 20.2 Å². The molecule has 3 aromatic rings. The van der Waals surface area contributed by atoms with Crippen molar-refractivity contribution >= 4 is 29.2 Å². The first-order valence-corrected chi connectivity index (χ1v) is 13.1. The Bertz CT molecular complexity index is 1480. The number of aromatic nitrogens is 2. The number of H-pyrrole nitrogens is 1. The second kappa shape index (κ2) is 12.3. The number of imidazole rings is 1. The number of morpholine rings is 1. The Morgan fingerprint density at radius 1 is 1.12 bits per heavy atom. The second-order valence-corrected chi connectivity index (χ2v) is 9.60. The Kier molecular flexibility index (Phi) is 8.34. The fraction of sp³-hybridized carbons (Fsp3) is 0.300. The number of carbonyl (C=O) groups is 2. The van der Waals surface area contributed by atoms with Gasteiger partial charge in [0.15, 0.2) is 11.5 Å². The first-order valence-electron chi connectivity index (χ1n) is 13.1. The van der Waals surface area contributed by atoms with Gasteiger partial charge in [0.1, 0.15) is 5.82 Å². The number of carbonyl (C=O) groups excluding carboxylic acids is 2. The third-order valence-electron chi connectivity index (χ3n) is 7.07. The lowest BCUT2D eigenvalue weighted by Gasteiger charge is -2.26. The first-order chi connectivity index (χ1) is 19.9. The maximum Gasteiger partial charge on any atom is 0.415 e. The largest absolute Gasteiger partial charge is 0.493 e. The van der Waals surface area contributed by atoms with Crippen molar-refractivity contribution in [2.45, 2.75) is 13.3 Å². The van der Waals surface area contributed by atoms with Gasteiger partial charge >= 0.3 is 6.09 Å². The van der Waals surface area contributed by atoms with Crippen LogP contribution in [0.3, 0.4) is 0 Å². The molecule has 5 rings (SSSR count). The summed E-state index contributed by atoms with van der Waals surface area (Å²) >= 11 is 0. The van der Waals surface area contributed by atoms with E-state index in [1.54, 1.807) is 29.3 Å². The number of aromatic amines is 1. The number of rotatable bonds is 8. The van der Waals surface area contributed by atoms with Gasteiger partial charge in [-0.15, -0.1) is 0 Å². The van der Waals surface area contributed by atoms with Crippen LogP contribution in [0.25, 0.3) is 17.2 Å². The molecule has 0 spiro atoms. The minimum Gasteiger partial charge on any atom is -0.493 e. The molecule has 214 valence electrons. The molecule has 2 amide bonds. The third-order valence-corrected chi connectivity index (χ3v) is 7.07. The highest BCUT2D eigenvalue weighted by molar-refractivity contribution is 6.06. The average Bonchev–Trinajstić information content (AvgIpc) is 3.58. The van der Waals surface area contributed by atoms with Gasteiger partial charge in [-0.2, -0.15) is 0 Å². The molecule has 41 heavy (non-hydrogen) atoms. The number of methoxy groups -OCH3 is 2. The Labute approximate surface area is 236 Å². The van der Waals surface area contributed by atoms with E-state index >= 15 is 0 Å². The third kappa shape index (κ3) is 6.09. The number of halogens is 1. The molecule has 2 N–H and O–H groups in total. The molecule has 0 unspecified atom stereocenters. The minimum absolute atomic E-state index is 0.160. The van der Waals surface area contributed by atoms with E-state index < -0.39 is 6.09 Å². The van der Waals surface area contributed by atoms with Gasteiger partial charge in [0.25, 0.3) is 0 Å². The summed E-state index contributed by atoms with van der Waals surface area (Å²) in [5.74, 6) is 0.275. The molecular formula is C30H31FN4O6. The Hall–Kier alpha value is -4.64. The molecule has 10 nitrogen and oxygen atoms in total. The maximum atomic E-state index is 14.3. The van der Waals surface area contributed by atoms with E-state index in [0.717, 1.165) is 27.8 Å². The van der Waals surface area contributed by atoms with Crippen LogP contribution in [0, 0.1) is 5.82 Å². The Balaban J connectivity index is 1.44. The van der Waals surface area contributed by atoms with E-state index in [-0.39, 0.29) is 30.4 Å². The highest BCUT2D eigenvalue weighted by Crippen LogP contribution is 2.44. The molecule has 1 aromatic heterocycles. The van der Waals surface area contributed by atoms with Gasteiger partial charge in [0.05, 0.1) is 40.2 Å². The molecule has 1 aliphatic carbocycles. The SMILES string of the molecule is COc1cc(/C=C2/C(C)=C(CNC(=O)Cc3cnc[nH]3)c3cc(F)ccc32)cc(OC)c1OC(=O)N1CCOCC1. The number of nitrogens with zero attached hydrogens (tertiary/aromatic N) is 2. The highest BCUT2D eigenvalue weighted by atomic mass is 19.1. The zero-order valence-electron chi connectivity index (χ0n) is 23.1. The number of allylic oxidation sites excluding steroid dienone is 2. The molecule has 0 radical (unpaired) electrons. The van der Waals surface area contributed by atoms with Crippen LogP contribution in [0.5, 0.6) is 17.2 Å². The summed E-state index contributed by atoms with van der Waals surface area (Å²) in [4.78, 5) is 33.7. The number of hydrogen-bond acceptors (Lipinski definition) is 7. The van der Waals surface area contributed by atoms with Gasteiger partial charge < -0.3 is 34.1 Å². The number of fused-ring (bicyclic) bond motifs is 1. The summed E-state index contributed by atoms with van der Waals surface area (Å²) in [6, 6.07) is 8.11. The fourth-order valence-electron chi connectivity index (χ4n) is 4.93.